The van der Waals surface area contributed by atoms with Gasteiger partial charge in [0, 0.05) is 51.7 Å². The van der Waals surface area contributed by atoms with E-state index in [-0.39, 0.29) is 0 Å². The summed E-state index contributed by atoms with van der Waals surface area (Å²) in [6, 6.07) is 5.53. The Bertz CT molecular complexity index is 469. The molecule has 0 radical (unpaired) electrons. The summed E-state index contributed by atoms with van der Waals surface area (Å²) in [6.45, 7) is 1.54. The maximum absolute atomic E-state index is 11.3. The zero-order chi connectivity index (χ0) is 12.4. The van der Waals surface area contributed by atoms with E-state index in [4.69, 9.17) is 29.6 Å². The first-order valence-electron chi connectivity index (χ1n) is 5.27. The smallest absolute Gasteiger partial charge is 0.106 e. The first kappa shape index (κ1) is 12.8. The summed E-state index contributed by atoms with van der Waals surface area (Å²) in [4.78, 5) is 2.50. The molecule has 3 nitrogen and oxygen atoms in total. The van der Waals surface area contributed by atoms with E-state index in [9.17, 15) is 4.21 Å². The van der Waals surface area contributed by atoms with Crippen LogP contribution in [0.25, 0.3) is 0 Å². The van der Waals surface area contributed by atoms with Gasteiger partial charge in [-0.05, 0) is 18.2 Å². The minimum atomic E-state index is -0.688. The van der Waals surface area contributed by atoms with Crippen LogP contribution in [0.1, 0.15) is 5.56 Å². The number of hydrogen-bond acceptors (Lipinski definition) is 3. The van der Waals surface area contributed by atoms with Crippen molar-refractivity contribution in [2.24, 2.45) is 5.73 Å². The first-order valence-corrected chi connectivity index (χ1v) is 7.54. The van der Waals surface area contributed by atoms with Crippen LogP contribution < -0.4 is 10.6 Å². The molecule has 0 atom stereocenters. The van der Waals surface area contributed by atoms with Crippen molar-refractivity contribution in [3.8, 4) is 0 Å². The number of rotatable bonds is 2. The molecule has 17 heavy (non-hydrogen) atoms. The second-order valence-corrected chi connectivity index (χ2v) is 6.43. The van der Waals surface area contributed by atoms with Gasteiger partial charge in [0.1, 0.15) is 4.99 Å². The van der Waals surface area contributed by atoms with Crippen molar-refractivity contribution in [1.29, 1.82) is 0 Å². The highest BCUT2D eigenvalue weighted by Gasteiger charge is 2.18. The van der Waals surface area contributed by atoms with E-state index in [0.717, 1.165) is 24.3 Å². The summed E-state index contributed by atoms with van der Waals surface area (Å²) < 4.78 is 11.3. The first-order chi connectivity index (χ1) is 8.08. The van der Waals surface area contributed by atoms with Crippen LogP contribution in [0.3, 0.4) is 0 Å². The van der Waals surface area contributed by atoms with Crippen molar-refractivity contribution >= 4 is 45.3 Å². The molecule has 1 aliphatic rings. The summed E-state index contributed by atoms with van der Waals surface area (Å²) in [7, 11) is -0.688. The van der Waals surface area contributed by atoms with Gasteiger partial charge in [-0.25, -0.2) is 0 Å². The molecule has 6 heteroatoms. The Morgan fingerprint density at radius 3 is 2.65 bits per heavy atom. The number of anilines is 1. The van der Waals surface area contributed by atoms with Gasteiger partial charge in [0.25, 0.3) is 0 Å². The zero-order valence-electron chi connectivity index (χ0n) is 9.19. The van der Waals surface area contributed by atoms with Crippen molar-refractivity contribution in [2.45, 2.75) is 0 Å². The van der Waals surface area contributed by atoms with Crippen molar-refractivity contribution in [3.63, 3.8) is 0 Å². The number of benzene rings is 1. The van der Waals surface area contributed by atoms with E-state index in [1.54, 1.807) is 6.07 Å². The van der Waals surface area contributed by atoms with Crippen LogP contribution >= 0.6 is 23.8 Å². The molecule has 92 valence electrons. The van der Waals surface area contributed by atoms with Crippen LogP contribution in [0.2, 0.25) is 5.02 Å². The van der Waals surface area contributed by atoms with Gasteiger partial charge in [-0.1, -0.05) is 23.8 Å². The summed E-state index contributed by atoms with van der Waals surface area (Å²) in [5, 5.41) is 0.622. The fraction of sp³-hybridized carbons (Fsp3) is 0.364. The van der Waals surface area contributed by atoms with Gasteiger partial charge in [0.05, 0.1) is 0 Å². The molecular weight excluding hydrogens is 276 g/mol. The van der Waals surface area contributed by atoms with Crippen molar-refractivity contribution in [3.05, 3.63) is 28.8 Å². The number of halogens is 1. The second kappa shape index (κ2) is 5.33. The molecule has 1 saturated heterocycles. The average Bonchev–Trinajstić information content (AvgIpc) is 2.30. The second-order valence-electron chi connectivity index (χ2n) is 3.86. The van der Waals surface area contributed by atoms with Crippen LogP contribution in [0.15, 0.2) is 18.2 Å². The Morgan fingerprint density at radius 2 is 2.06 bits per heavy atom. The molecular formula is C11H13ClN2OS2. The highest BCUT2D eigenvalue weighted by atomic mass is 35.5. The van der Waals surface area contributed by atoms with Gasteiger partial charge < -0.3 is 10.6 Å². The Hall–Kier alpha value is -0.650. The Labute approximate surface area is 113 Å². The van der Waals surface area contributed by atoms with E-state index in [2.05, 4.69) is 4.90 Å². The van der Waals surface area contributed by atoms with Gasteiger partial charge in [0.2, 0.25) is 0 Å². The van der Waals surface area contributed by atoms with Crippen molar-refractivity contribution in [2.75, 3.05) is 29.5 Å². The molecule has 2 N–H and O–H groups in total. The summed E-state index contributed by atoms with van der Waals surface area (Å²) in [5.41, 5.74) is 7.48. The van der Waals surface area contributed by atoms with Crippen LogP contribution in [0, 0.1) is 0 Å². The van der Waals surface area contributed by atoms with Crippen molar-refractivity contribution < 1.29 is 4.21 Å². The van der Waals surface area contributed by atoms with Crippen LogP contribution in [-0.4, -0.2) is 33.8 Å². The molecule has 1 fully saturated rings. The maximum atomic E-state index is 11.3. The third kappa shape index (κ3) is 2.97. The van der Waals surface area contributed by atoms with E-state index < -0.39 is 10.8 Å². The Morgan fingerprint density at radius 1 is 1.41 bits per heavy atom. The molecule has 0 unspecified atom stereocenters. The van der Waals surface area contributed by atoms with E-state index in [1.165, 1.54) is 0 Å². The molecule has 0 aromatic heterocycles. The Kier molecular flexibility index (Phi) is 4.01. The quantitative estimate of drug-likeness (QED) is 0.839. The van der Waals surface area contributed by atoms with Gasteiger partial charge in [0.15, 0.2) is 0 Å². The lowest BCUT2D eigenvalue weighted by molar-refractivity contribution is 0.673. The summed E-state index contributed by atoms with van der Waals surface area (Å²) in [5.74, 6) is 1.39. The lowest BCUT2D eigenvalue weighted by Crippen LogP contribution is -2.38. The monoisotopic (exact) mass is 288 g/mol. The number of nitrogens with two attached hydrogens (primary N) is 1. The standard InChI is InChI=1S/C11H13ClN2OS2/c12-8-1-2-10(9(7-8)11(13)16)14-3-5-17(15)6-4-14/h1-2,7H,3-6H2,(H2,13,16). The van der Waals surface area contributed by atoms with Gasteiger partial charge in [-0.2, -0.15) is 0 Å². The van der Waals surface area contributed by atoms with Gasteiger partial charge in [-0.15, -0.1) is 0 Å². The Balaban J connectivity index is 2.31. The van der Waals surface area contributed by atoms with Crippen molar-refractivity contribution in [1.82, 2.24) is 0 Å². The topological polar surface area (TPSA) is 46.3 Å². The van der Waals surface area contributed by atoms with E-state index in [0.29, 0.717) is 21.5 Å². The SMILES string of the molecule is NC(=S)c1cc(Cl)ccc1N1CCS(=O)CC1. The van der Waals surface area contributed by atoms with Crippen LogP contribution in [0.4, 0.5) is 5.69 Å². The number of hydrogen-bond donors (Lipinski definition) is 1. The molecule has 0 bridgehead atoms. The zero-order valence-corrected chi connectivity index (χ0v) is 11.6. The molecule has 1 heterocycles. The number of thiocarbonyl (C=S) groups is 1. The summed E-state index contributed by atoms with van der Waals surface area (Å²) in [6.07, 6.45) is 0. The largest absolute Gasteiger partial charge is 0.389 e. The third-order valence-electron chi connectivity index (χ3n) is 2.74. The molecule has 2 rings (SSSR count). The molecule has 0 amide bonds. The molecule has 0 saturated carbocycles. The fourth-order valence-electron chi connectivity index (χ4n) is 1.86. The summed E-state index contributed by atoms with van der Waals surface area (Å²) >= 11 is 11.0. The van der Waals surface area contributed by atoms with E-state index >= 15 is 0 Å². The minimum absolute atomic E-state index is 0.342. The number of nitrogens with zero attached hydrogens (tertiary/aromatic N) is 1. The highest BCUT2D eigenvalue weighted by molar-refractivity contribution is 7.85. The normalized spacial score (nSPS) is 17.1. The third-order valence-corrected chi connectivity index (χ3v) is 4.47. The maximum Gasteiger partial charge on any atom is 0.106 e. The molecule has 1 aromatic carbocycles. The van der Waals surface area contributed by atoms with E-state index in [1.807, 2.05) is 12.1 Å². The highest BCUT2D eigenvalue weighted by Crippen LogP contribution is 2.25. The van der Waals surface area contributed by atoms with Gasteiger partial charge in [-0.3, -0.25) is 4.21 Å². The molecule has 0 aliphatic carbocycles. The molecule has 1 aliphatic heterocycles. The minimum Gasteiger partial charge on any atom is -0.389 e. The fourth-order valence-corrected chi connectivity index (χ4v) is 3.25. The van der Waals surface area contributed by atoms with Crippen LogP contribution in [0.5, 0.6) is 0 Å². The van der Waals surface area contributed by atoms with Crippen LogP contribution in [-0.2, 0) is 10.8 Å². The molecule has 0 spiro atoms. The predicted molar refractivity (Wildman–Crippen MR) is 77.4 cm³/mol. The molecule has 1 aromatic rings. The van der Waals surface area contributed by atoms with Gasteiger partial charge >= 0.3 is 0 Å². The lowest BCUT2D eigenvalue weighted by atomic mass is 10.1. The predicted octanol–water partition coefficient (Wildman–Crippen LogP) is 1.54. The lowest BCUT2D eigenvalue weighted by Gasteiger charge is -2.30. The average molecular weight is 289 g/mol.